The van der Waals surface area contributed by atoms with E-state index in [4.69, 9.17) is 23.4 Å². The molecule has 0 aliphatic carbocycles. The normalized spacial score (nSPS) is 14.5. The number of rotatable bonds is 5. The highest BCUT2D eigenvalue weighted by Crippen LogP contribution is 2.36. The van der Waals surface area contributed by atoms with Crippen LogP contribution in [0.1, 0.15) is 16.8 Å². The van der Waals surface area contributed by atoms with E-state index in [1.54, 1.807) is 30.3 Å². The second-order valence-corrected chi connectivity index (χ2v) is 7.29. The van der Waals surface area contributed by atoms with Crippen molar-refractivity contribution < 1.29 is 28.2 Å². The fourth-order valence-corrected chi connectivity index (χ4v) is 3.62. The Morgan fingerprint density at radius 1 is 0.897 bits per heavy atom. The molecule has 1 aromatic heterocycles. The maximum atomic E-state index is 12.6. The van der Waals surface area contributed by atoms with E-state index in [2.05, 4.69) is 10.2 Å². The lowest BCUT2D eigenvalue weighted by Crippen LogP contribution is -2.03. The third-order valence-corrected chi connectivity index (χ3v) is 5.24. The largest absolute Gasteiger partial charge is 0.490 e. The molecular formula is C20H16N2O6S. The van der Waals surface area contributed by atoms with Crippen molar-refractivity contribution in [3.8, 4) is 34.5 Å². The zero-order valence-corrected chi connectivity index (χ0v) is 16.1. The number of Topliss-reactive ketones (excluding diaryl/α,β-unsaturated/α-hetero) is 1. The molecule has 0 bridgehead atoms. The fraction of sp³-hybridized carbons (Fsp3) is 0.250. The van der Waals surface area contributed by atoms with Gasteiger partial charge in [-0.15, -0.1) is 10.2 Å². The van der Waals surface area contributed by atoms with Gasteiger partial charge in [-0.1, -0.05) is 11.8 Å². The molecule has 2 aliphatic heterocycles. The highest BCUT2D eigenvalue weighted by atomic mass is 32.2. The van der Waals surface area contributed by atoms with Crippen molar-refractivity contribution in [2.24, 2.45) is 0 Å². The summed E-state index contributed by atoms with van der Waals surface area (Å²) in [4.78, 5) is 12.6. The van der Waals surface area contributed by atoms with Gasteiger partial charge in [0.05, 0.1) is 19.0 Å². The number of aromatic nitrogens is 2. The topological polar surface area (TPSA) is 92.9 Å². The van der Waals surface area contributed by atoms with Crippen LogP contribution in [-0.2, 0) is 0 Å². The van der Waals surface area contributed by atoms with Crippen molar-refractivity contribution in [1.82, 2.24) is 10.2 Å². The molecule has 0 saturated heterocycles. The number of benzene rings is 2. The number of ether oxygens (including phenoxy) is 4. The van der Waals surface area contributed by atoms with Gasteiger partial charge in [0.1, 0.15) is 0 Å². The maximum Gasteiger partial charge on any atom is 0.277 e. The van der Waals surface area contributed by atoms with E-state index in [1.807, 2.05) is 6.07 Å². The van der Waals surface area contributed by atoms with Crippen LogP contribution in [0.4, 0.5) is 0 Å². The lowest BCUT2D eigenvalue weighted by Gasteiger charge is -2.08. The van der Waals surface area contributed by atoms with E-state index in [0.29, 0.717) is 52.9 Å². The molecule has 8 nitrogen and oxygen atoms in total. The average Bonchev–Trinajstić information content (AvgIpc) is 3.35. The summed E-state index contributed by atoms with van der Waals surface area (Å²) in [7, 11) is 0. The van der Waals surface area contributed by atoms with Gasteiger partial charge < -0.3 is 23.4 Å². The van der Waals surface area contributed by atoms with Gasteiger partial charge in [0, 0.05) is 17.5 Å². The number of carbonyl (C=O) groups is 1. The first-order chi connectivity index (χ1) is 14.3. The Morgan fingerprint density at radius 3 is 2.59 bits per heavy atom. The molecule has 5 rings (SSSR count). The van der Waals surface area contributed by atoms with Gasteiger partial charge in [0.25, 0.3) is 5.22 Å². The molecule has 0 amide bonds. The summed E-state index contributed by atoms with van der Waals surface area (Å²) in [5, 5.41) is 8.38. The second kappa shape index (κ2) is 7.67. The number of carbonyl (C=O) groups excluding carboxylic acids is 1. The molecule has 0 unspecified atom stereocenters. The van der Waals surface area contributed by atoms with Gasteiger partial charge in [0.2, 0.25) is 12.7 Å². The molecular weight excluding hydrogens is 396 g/mol. The molecule has 148 valence electrons. The Bertz CT molecular complexity index is 1070. The van der Waals surface area contributed by atoms with Crippen molar-refractivity contribution in [2.45, 2.75) is 11.6 Å². The Hall–Kier alpha value is -3.20. The van der Waals surface area contributed by atoms with Crippen LogP contribution in [0.2, 0.25) is 0 Å². The molecule has 0 N–H and O–H groups in total. The summed E-state index contributed by atoms with van der Waals surface area (Å²) in [6, 6.07) is 10.6. The Labute approximate surface area is 170 Å². The van der Waals surface area contributed by atoms with Gasteiger partial charge >= 0.3 is 0 Å². The van der Waals surface area contributed by atoms with E-state index >= 15 is 0 Å². The quantitative estimate of drug-likeness (QED) is 0.460. The van der Waals surface area contributed by atoms with E-state index in [9.17, 15) is 4.79 Å². The minimum Gasteiger partial charge on any atom is -0.490 e. The van der Waals surface area contributed by atoms with Gasteiger partial charge in [-0.2, -0.15) is 0 Å². The lowest BCUT2D eigenvalue weighted by atomic mass is 10.1. The summed E-state index contributed by atoms with van der Waals surface area (Å²) in [6.45, 7) is 1.38. The SMILES string of the molecule is O=C(CSc1nnc(-c2ccc3c(c2)OCO3)o1)c1ccc2c(c1)OCCCO2. The molecule has 29 heavy (non-hydrogen) atoms. The van der Waals surface area contributed by atoms with Crippen LogP contribution in [0.15, 0.2) is 46.0 Å². The van der Waals surface area contributed by atoms with Crippen LogP contribution in [-0.4, -0.2) is 41.7 Å². The molecule has 2 aromatic carbocycles. The summed E-state index contributed by atoms with van der Waals surface area (Å²) in [5.74, 6) is 3.05. The molecule has 0 atom stereocenters. The third-order valence-electron chi connectivity index (χ3n) is 4.42. The maximum absolute atomic E-state index is 12.6. The van der Waals surface area contributed by atoms with E-state index in [1.165, 1.54) is 11.8 Å². The standard InChI is InChI=1S/C20H16N2O6S/c23-14(12-2-4-15-17(8-12)25-7-1-6-24-15)10-29-20-22-21-19(28-20)13-3-5-16-18(9-13)27-11-26-16/h2-5,8-9H,1,6-7,10-11H2. The molecule has 0 radical (unpaired) electrons. The van der Waals surface area contributed by atoms with E-state index < -0.39 is 0 Å². The zero-order valence-electron chi connectivity index (χ0n) is 15.3. The molecule has 3 heterocycles. The number of nitrogens with zero attached hydrogens (tertiary/aromatic N) is 2. The minimum absolute atomic E-state index is 0.0616. The second-order valence-electron chi connectivity index (χ2n) is 6.37. The Kier molecular flexibility index (Phi) is 4.73. The first kappa shape index (κ1) is 17.9. The van der Waals surface area contributed by atoms with Crippen molar-refractivity contribution in [1.29, 1.82) is 0 Å². The van der Waals surface area contributed by atoms with E-state index in [-0.39, 0.29) is 18.3 Å². The van der Waals surface area contributed by atoms with Gasteiger partial charge in [-0.05, 0) is 36.4 Å². The highest BCUT2D eigenvalue weighted by molar-refractivity contribution is 7.99. The van der Waals surface area contributed by atoms with Crippen molar-refractivity contribution in [3.05, 3.63) is 42.0 Å². The number of fused-ring (bicyclic) bond motifs is 2. The summed E-state index contributed by atoms with van der Waals surface area (Å²) >= 11 is 1.19. The predicted molar refractivity (Wildman–Crippen MR) is 103 cm³/mol. The minimum atomic E-state index is -0.0616. The predicted octanol–water partition coefficient (Wildman–Crippen LogP) is 3.60. The monoisotopic (exact) mass is 412 g/mol. The zero-order chi connectivity index (χ0) is 19.6. The molecule has 0 saturated carbocycles. The smallest absolute Gasteiger partial charge is 0.277 e. The fourth-order valence-electron chi connectivity index (χ4n) is 2.96. The molecule has 3 aromatic rings. The van der Waals surface area contributed by atoms with Crippen LogP contribution in [0, 0.1) is 0 Å². The first-order valence-electron chi connectivity index (χ1n) is 9.05. The number of hydrogen-bond acceptors (Lipinski definition) is 9. The third kappa shape index (κ3) is 3.73. The summed E-state index contributed by atoms with van der Waals surface area (Å²) in [5.41, 5.74) is 1.28. The van der Waals surface area contributed by atoms with Crippen LogP contribution in [0.5, 0.6) is 23.0 Å². The number of hydrogen-bond donors (Lipinski definition) is 0. The van der Waals surface area contributed by atoms with Crippen molar-refractivity contribution in [2.75, 3.05) is 25.8 Å². The van der Waals surface area contributed by atoms with Crippen LogP contribution in [0.25, 0.3) is 11.5 Å². The van der Waals surface area contributed by atoms with Gasteiger partial charge in [0.15, 0.2) is 28.8 Å². The number of ketones is 1. The molecule has 2 aliphatic rings. The Morgan fingerprint density at radius 2 is 1.66 bits per heavy atom. The lowest BCUT2D eigenvalue weighted by molar-refractivity contribution is 0.102. The molecule has 0 fully saturated rings. The molecule has 9 heteroatoms. The van der Waals surface area contributed by atoms with Crippen molar-refractivity contribution in [3.63, 3.8) is 0 Å². The van der Waals surface area contributed by atoms with E-state index in [0.717, 1.165) is 12.0 Å². The summed E-state index contributed by atoms with van der Waals surface area (Å²) in [6.07, 6.45) is 0.816. The van der Waals surface area contributed by atoms with Crippen LogP contribution in [0.3, 0.4) is 0 Å². The molecule has 0 spiro atoms. The summed E-state index contributed by atoms with van der Waals surface area (Å²) < 4.78 is 27.6. The van der Waals surface area contributed by atoms with Gasteiger partial charge in [-0.3, -0.25) is 4.79 Å². The van der Waals surface area contributed by atoms with Crippen molar-refractivity contribution >= 4 is 17.5 Å². The van der Waals surface area contributed by atoms with Crippen LogP contribution < -0.4 is 18.9 Å². The van der Waals surface area contributed by atoms with Gasteiger partial charge in [-0.25, -0.2) is 0 Å². The Balaban J connectivity index is 1.25. The van der Waals surface area contributed by atoms with Crippen LogP contribution >= 0.6 is 11.8 Å². The number of thioether (sulfide) groups is 1. The highest BCUT2D eigenvalue weighted by Gasteiger charge is 2.18. The first-order valence-corrected chi connectivity index (χ1v) is 10.0. The average molecular weight is 412 g/mol.